The summed E-state index contributed by atoms with van der Waals surface area (Å²) in [5.41, 5.74) is 2.97. The fraction of sp³-hybridized carbons (Fsp3) is 0.304. The maximum absolute atomic E-state index is 13.2. The van der Waals surface area contributed by atoms with Crippen LogP contribution in [0.2, 0.25) is 0 Å². The Kier molecular flexibility index (Phi) is 5.45. The summed E-state index contributed by atoms with van der Waals surface area (Å²) in [6.07, 6.45) is 1.73. The maximum atomic E-state index is 13.2. The zero-order chi connectivity index (χ0) is 20.3. The van der Waals surface area contributed by atoms with Crippen LogP contribution in [-0.4, -0.2) is 35.4 Å². The fourth-order valence-corrected chi connectivity index (χ4v) is 3.90. The number of nitrogens with one attached hydrogen (secondary N) is 1. The molecule has 2 heterocycles. The summed E-state index contributed by atoms with van der Waals surface area (Å²) in [6.45, 7) is 1.91. The Bertz CT molecular complexity index is 977. The molecule has 0 atom stereocenters. The summed E-state index contributed by atoms with van der Waals surface area (Å²) in [7, 11) is 1.74. The average Bonchev–Trinajstić information content (AvgIpc) is 3.15. The van der Waals surface area contributed by atoms with Crippen LogP contribution in [0.5, 0.6) is 0 Å². The Morgan fingerprint density at radius 2 is 1.83 bits per heavy atom. The number of carbonyl (C=O) groups excluding carboxylic acids is 1. The van der Waals surface area contributed by atoms with Gasteiger partial charge in [-0.2, -0.15) is 5.10 Å². The first kappa shape index (κ1) is 19.3. The average molecular weight is 393 g/mol. The van der Waals surface area contributed by atoms with Gasteiger partial charge in [-0.3, -0.25) is 9.48 Å². The largest absolute Gasteiger partial charge is 0.381 e. The molecule has 1 fully saturated rings. The van der Waals surface area contributed by atoms with Crippen LogP contribution in [0, 0.1) is 5.82 Å². The number of hydrogen-bond donors (Lipinski definition) is 1. The number of halogens is 1. The maximum Gasteiger partial charge on any atom is 0.269 e. The number of nitrogens with zero attached hydrogens (tertiary/aromatic N) is 2. The third-order valence-corrected chi connectivity index (χ3v) is 5.68. The van der Waals surface area contributed by atoms with Crippen LogP contribution in [0.1, 0.15) is 28.9 Å². The van der Waals surface area contributed by atoms with Crippen LogP contribution in [0.4, 0.5) is 4.39 Å². The number of carbonyl (C=O) groups is 1. The minimum absolute atomic E-state index is 0.131. The summed E-state index contributed by atoms with van der Waals surface area (Å²) >= 11 is 0. The van der Waals surface area contributed by atoms with Gasteiger partial charge in [0.05, 0.1) is 5.69 Å². The molecular formula is C23H24FN3O2. The molecule has 5 nitrogen and oxygen atoms in total. The molecule has 6 heteroatoms. The monoisotopic (exact) mass is 393 g/mol. The molecular weight excluding hydrogens is 369 g/mol. The van der Waals surface area contributed by atoms with Crippen LogP contribution in [0.3, 0.4) is 0 Å². The van der Waals surface area contributed by atoms with Crippen LogP contribution in [-0.2, 0) is 17.2 Å². The van der Waals surface area contributed by atoms with Crippen molar-refractivity contribution in [3.8, 4) is 11.3 Å². The predicted molar refractivity (Wildman–Crippen MR) is 109 cm³/mol. The molecule has 1 aromatic heterocycles. The van der Waals surface area contributed by atoms with Gasteiger partial charge in [-0.15, -0.1) is 0 Å². The van der Waals surface area contributed by atoms with Crippen LogP contribution < -0.4 is 5.32 Å². The highest BCUT2D eigenvalue weighted by Gasteiger charge is 2.35. The minimum Gasteiger partial charge on any atom is -0.381 e. The second kappa shape index (κ2) is 8.17. The first-order chi connectivity index (χ1) is 14.1. The molecule has 1 saturated heterocycles. The molecule has 1 aliphatic heterocycles. The molecule has 0 spiro atoms. The third kappa shape index (κ3) is 4.07. The number of aryl methyl sites for hydroxylation is 1. The van der Waals surface area contributed by atoms with Crippen molar-refractivity contribution in [3.05, 3.63) is 77.7 Å². The SMILES string of the molecule is Cn1nc(-c2ccc(F)cc2)cc1C(=O)NCC1(c2ccccc2)CCOCC1. The van der Waals surface area contributed by atoms with Crippen molar-refractivity contribution in [2.75, 3.05) is 19.8 Å². The highest BCUT2D eigenvalue weighted by atomic mass is 19.1. The van der Waals surface area contributed by atoms with E-state index >= 15 is 0 Å². The summed E-state index contributed by atoms with van der Waals surface area (Å²) in [5.74, 6) is -0.472. The van der Waals surface area contributed by atoms with Crippen molar-refractivity contribution in [2.24, 2.45) is 7.05 Å². The lowest BCUT2D eigenvalue weighted by molar-refractivity contribution is 0.0486. The molecule has 150 valence electrons. The standard InChI is InChI=1S/C23H24FN3O2/c1-27-21(15-20(26-27)17-7-9-19(24)10-8-17)22(28)25-16-23(11-13-29-14-12-23)18-5-3-2-4-6-18/h2-10,15H,11-14,16H2,1H3,(H,25,28). The molecule has 1 aliphatic rings. The number of rotatable bonds is 5. The second-order valence-corrected chi connectivity index (χ2v) is 7.49. The summed E-state index contributed by atoms with van der Waals surface area (Å²) in [4.78, 5) is 12.9. The number of hydrogen-bond acceptors (Lipinski definition) is 3. The van der Waals surface area contributed by atoms with Gasteiger partial charge in [-0.1, -0.05) is 30.3 Å². The Morgan fingerprint density at radius 1 is 1.14 bits per heavy atom. The van der Waals surface area contributed by atoms with Crippen molar-refractivity contribution in [2.45, 2.75) is 18.3 Å². The lowest BCUT2D eigenvalue weighted by atomic mass is 9.74. The molecule has 0 radical (unpaired) electrons. The zero-order valence-corrected chi connectivity index (χ0v) is 16.4. The highest BCUT2D eigenvalue weighted by Crippen LogP contribution is 2.34. The minimum atomic E-state index is -0.301. The van der Waals surface area contributed by atoms with Crippen molar-refractivity contribution in [1.82, 2.24) is 15.1 Å². The quantitative estimate of drug-likeness (QED) is 0.719. The van der Waals surface area contributed by atoms with E-state index in [-0.39, 0.29) is 17.1 Å². The van der Waals surface area contributed by atoms with E-state index in [0.29, 0.717) is 31.1 Å². The zero-order valence-electron chi connectivity index (χ0n) is 16.4. The number of aromatic nitrogens is 2. The van der Waals surface area contributed by atoms with E-state index in [4.69, 9.17) is 4.74 Å². The molecule has 1 amide bonds. The molecule has 0 unspecified atom stereocenters. The Morgan fingerprint density at radius 3 is 2.52 bits per heavy atom. The van der Waals surface area contributed by atoms with Crippen LogP contribution in [0.15, 0.2) is 60.7 Å². The molecule has 2 aromatic carbocycles. The van der Waals surface area contributed by atoms with Gasteiger partial charge in [0.15, 0.2) is 0 Å². The van der Waals surface area contributed by atoms with Crippen molar-refractivity contribution in [3.63, 3.8) is 0 Å². The number of amides is 1. The van der Waals surface area contributed by atoms with Crippen molar-refractivity contribution in [1.29, 1.82) is 0 Å². The summed E-state index contributed by atoms with van der Waals surface area (Å²) < 4.78 is 20.3. The van der Waals surface area contributed by atoms with Gasteiger partial charge in [0.2, 0.25) is 0 Å². The molecule has 0 bridgehead atoms. The second-order valence-electron chi connectivity index (χ2n) is 7.49. The van der Waals surface area contributed by atoms with Gasteiger partial charge >= 0.3 is 0 Å². The number of ether oxygens (including phenoxy) is 1. The Labute approximate surface area is 169 Å². The van der Waals surface area contributed by atoms with Gasteiger partial charge in [-0.05, 0) is 48.7 Å². The van der Waals surface area contributed by atoms with Crippen molar-refractivity contribution < 1.29 is 13.9 Å². The lowest BCUT2D eigenvalue weighted by Crippen LogP contribution is -2.44. The van der Waals surface area contributed by atoms with Gasteiger partial charge in [-0.25, -0.2) is 4.39 Å². The molecule has 4 rings (SSSR count). The molecule has 29 heavy (non-hydrogen) atoms. The van der Waals surface area contributed by atoms with Gasteiger partial charge in [0.25, 0.3) is 5.91 Å². The van der Waals surface area contributed by atoms with Crippen LogP contribution >= 0.6 is 0 Å². The summed E-state index contributed by atoms with van der Waals surface area (Å²) in [5, 5.41) is 7.52. The molecule has 3 aromatic rings. The van der Waals surface area contributed by atoms with Crippen molar-refractivity contribution >= 4 is 5.91 Å². The van der Waals surface area contributed by atoms with E-state index in [1.54, 1.807) is 29.9 Å². The van der Waals surface area contributed by atoms with Crippen LogP contribution in [0.25, 0.3) is 11.3 Å². The third-order valence-electron chi connectivity index (χ3n) is 5.68. The van der Waals surface area contributed by atoms with E-state index in [1.165, 1.54) is 17.7 Å². The van der Waals surface area contributed by atoms with E-state index in [9.17, 15) is 9.18 Å². The van der Waals surface area contributed by atoms with E-state index in [2.05, 4.69) is 22.5 Å². The highest BCUT2D eigenvalue weighted by molar-refractivity contribution is 5.93. The summed E-state index contributed by atoms with van der Waals surface area (Å²) in [6, 6.07) is 18.1. The Balaban J connectivity index is 1.52. The first-order valence-corrected chi connectivity index (χ1v) is 9.79. The fourth-order valence-electron chi connectivity index (χ4n) is 3.90. The smallest absolute Gasteiger partial charge is 0.269 e. The van der Waals surface area contributed by atoms with Gasteiger partial charge < -0.3 is 10.1 Å². The number of benzene rings is 2. The normalized spacial score (nSPS) is 15.8. The predicted octanol–water partition coefficient (Wildman–Crippen LogP) is 3.70. The first-order valence-electron chi connectivity index (χ1n) is 9.79. The molecule has 0 aliphatic carbocycles. The topological polar surface area (TPSA) is 56.2 Å². The van der Waals surface area contributed by atoms with E-state index < -0.39 is 0 Å². The van der Waals surface area contributed by atoms with Gasteiger partial charge in [0.1, 0.15) is 11.5 Å². The Hall–Kier alpha value is -2.99. The molecule has 0 saturated carbocycles. The lowest BCUT2D eigenvalue weighted by Gasteiger charge is -2.38. The molecule has 1 N–H and O–H groups in total. The van der Waals surface area contributed by atoms with E-state index in [0.717, 1.165) is 18.4 Å². The van der Waals surface area contributed by atoms with Gasteiger partial charge in [0, 0.05) is 37.8 Å². The van der Waals surface area contributed by atoms with E-state index in [1.807, 2.05) is 18.2 Å².